The van der Waals surface area contributed by atoms with Crippen LogP contribution in [0.2, 0.25) is 0 Å². The van der Waals surface area contributed by atoms with E-state index in [0.29, 0.717) is 0 Å². The van der Waals surface area contributed by atoms with E-state index in [-0.39, 0.29) is 23.9 Å². The Bertz CT molecular complexity index is 640. The highest BCUT2D eigenvalue weighted by molar-refractivity contribution is 6.16. The SMILES string of the molecule is Cc1ccc2nc(CCl)n(CC(=O)NC(C)(C)C)c2c1. The number of rotatable bonds is 3. The van der Waals surface area contributed by atoms with Crippen LogP contribution in [0.1, 0.15) is 32.2 Å². The van der Waals surface area contributed by atoms with Gasteiger partial charge in [-0.3, -0.25) is 4.79 Å². The number of nitrogens with zero attached hydrogens (tertiary/aromatic N) is 2. The molecule has 0 atom stereocenters. The van der Waals surface area contributed by atoms with Crippen LogP contribution in [-0.2, 0) is 17.2 Å². The van der Waals surface area contributed by atoms with Crippen molar-refractivity contribution in [2.75, 3.05) is 0 Å². The minimum Gasteiger partial charge on any atom is -0.350 e. The van der Waals surface area contributed by atoms with Crippen molar-refractivity contribution in [2.45, 2.75) is 45.7 Å². The smallest absolute Gasteiger partial charge is 0.240 e. The molecule has 0 bridgehead atoms. The van der Waals surface area contributed by atoms with Crippen molar-refractivity contribution in [3.05, 3.63) is 29.6 Å². The molecule has 5 heteroatoms. The molecule has 2 rings (SSSR count). The Morgan fingerprint density at radius 2 is 2.10 bits per heavy atom. The summed E-state index contributed by atoms with van der Waals surface area (Å²) in [5.74, 6) is 0.970. The van der Waals surface area contributed by atoms with Crippen LogP contribution in [0.25, 0.3) is 11.0 Å². The molecule has 0 aliphatic carbocycles. The monoisotopic (exact) mass is 293 g/mol. The second kappa shape index (κ2) is 5.44. The second-order valence-electron chi connectivity index (χ2n) is 6.04. The summed E-state index contributed by atoms with van der Waals surface area (Å²) in [7, 11) is 0. The van der Waals surface area contributed by atoms with E-state index in [1.165, 1.54) is 0 Å². The molecule has 0 radical (unpaired) electrons. The van der Waals surface area contributed by atoms with Crippen LogP contribution in [0.3, 0.4) is 0 Å². The van der Waals surface area contributed by atoms with Crippen molar-refractivity contribution >= 4 is 28.5 Å². The van der Waals surface area contributed by atoms with Crippen LogP contribution in [-0.4, -0.2) is 21.0 Å². The topological polar surface area (TPSA) is 46.9 Å². The fourth-order valence-corrected chi connectivity index (χ4v) is 2.37. The van der Waals surface area contributed by atoms with Gasteiger partial charge in [-0.05, 0) is 45.4 Å². The van der Waals surface area contributed by atoms with E-state index in [1.54, 1.807) is 0 Å². The lowest BCUT2D eigenvalue weighted by Crippen LogP contribution is -2.42. The molecule has 2 aromatic rings. The number of aromatic nitrogens is 2. The van der Waals surface area contributed by atoms with Crippen LogP contribution in [0.4, 0.5) is 0 Å². The van der Waals surface area contributed by atoms with Gasteiger partial charge in [-0.1, -0.05) is 6.07 Å². The van der Waals surface area contributed by atoms with Gasteiger partial charge in [0.25, 0.3) is 0 Å². The van der Waals surface area contributed by atoms with Crippen molar-refractivity contribution in [2.24, 2.45) is 0 Å². The lowest BCUT2D eigenvalue weighted by Gasteiger charge is -2.21. The predicted molar refractivity (Wildman–Crippen MR) is 81.9 cm³/mol. The maximum Gasteiger partial charge on any atom is 0.240 e. The van der Waals surface area contributed by atoms with Crippen LogP contribution >= 0.6 is 11.6 Å². The minimum absolute atomic E-state index is 0.0373. The van der Waals surface area contributed by atoms with Gasteiger partial charge in [-0.25, -0.2) is 4.98 Å². The predicted octanol–water partition coefficient (Wildman–Crippen LogP) is 3.00. The van der Waals surface area contributed by atoms with Gasteiger partial charge in [-0.15, -0.1) is 11.6 Å². The maximum absolute atomic E-state index is 12.1. The first-order chi connectivity index (χ1) is 9.30. The summed E-state index contributed by atoms with van der Waals surface area (Å²) in [5, 5.41) is 2.96. The summed E-state index contributed by atoms with van der Waals surface area (Å²) in [6.07, 6.45) is 0. The molecule has 1 aromatic carbocycles. The zero-order valence-corrected chi connectivity index (χ0v) is 13.1. The Kier molecular flexibility index (Phi) is 4.04. The molecule has 1 amide bonds. The highest BCUT2D eigenvalue weighted by Gasteiger charge is 2.17. The molecule has 0 aliphatic rings. The van der Waals surface area contributed by atoms with E-state index >= 15 is 0 Å². The van der Waals surface area contributed by atoms with Crippen LogP contribution in [0, 0.1) is 6.92 Å². The van der Waals surface area contributed by atoms with E-state index in [0.717, 1.165) is 22.4 Å². The first-order valence-corrected chi connectivity index (χ1v) is 7.16. The molecular formula is C15H20ClN3O. The highest BCUT2D eigenvalue weighted by atomic mass is 35.5. The number of carbonyl (C=O) groups excluding carboxylic acids is 1. The number of alkyl halides is 1. The van der Waals surface area contributed by atoms with Gasteiger partial charge in [-0.2, -0.15) is 0 Å². The molecule has 0 spiro atoms. The molecule has 1 N–H and O–H groups in total. The minimum atomic E-state index is -0.246. The summed E-state index contributed by atoms with van der Waals surface area (Å²) in [6, 6.07) is 5.99. The molecule has 108 valence electrons. The molecule has 0 saturated carbocycles. The molecule has 0 unspecified atom stereocenters. The van der Waals surface area contributed by atoms with E-state index in [4.69, 9.17) is 11.6 Å². The number of imidazole rings is 1. The zero-order chi connectivity index (χ0) is 14.9. The largest absolute Gasteiger partial charge is 0.350 e. The first kappa shape index (κ1) is 14.9. The van der Waals surface area contributed by atoms with E-state index in [2.05, 4.69) is 10.3 Å². The Morgan fingerprint density at radius 3 is 2.70 bits per heavy atom. The normalized spacial score (nSPS) is 11.8. The Morgan fingerprint density at radius 1 is 1.40 bits per heavy atom. The number of hydrogen-bond acceptors (Lipinski definition) is 2. The molecule has 0 fully saturated rings. The Balaban J connectivity index is 2.37. The van der Waals surface area contributed by atoms with Crippen molar-refractivity contribution in [3.8, 4) is 0 Å². The van der Waals surface area contributed by atoms with Crippen LogP contribution in [0.15, 0.2) is 18.2 Å². The maximum atomic E-state index is 12.1. The Labute approximate surface area is 124 Å². The molecule has 20 heavy (non-hydrogen) atoms. The quantitative estimate of drug-likeness (QED) is 0.884. The zero-order valence-electron chi connectivity index (χ0n) is 12.3. The van der Waals surface area contributed by atoms with Crippen molar-refractivity contribution in [1.82, 2.24) is 14.9 Å². The lowest BCUT2D eigenvalue weighted by atomic mass is 10.1. The third-order valence-corrected chi connectivity index (χ3v) is 3.16. The molecule has 0 saturated heterocycles. The number of halogens is 1. The standard InChI is InChI=1S/C15H20ClN3O/c1-10-5-6-11-12(7-10)19(13(8-16)17-11)9-14(20)18-15(2,3)4/h5-7H,8-9H2,1-4H3,(H,18,20). The fraction of sp³-hybridized carbons (Fsp3) is 0.467. The van der Waals surface area contributed by atoms with Gasteiger partial charge >= 0.3 is 0 Å². The average Bonchev–Trinajstić information content (AvgIpc) is 2.64. The van der Waals surface area contributed by atoms with Crippen molar-refractivity contribution < 1.29 is 4.79 Å². The number of carbonyl (C=O) groups is 1. The van der Waals surface area contributed by atoms with Crippen LogP contribution < -0.4 is 5.32 Å². The van der Waals surface area contributed by atoms with Gasteiger partial charge in [0.05, 0.1) is 16.9 Å². The lowest BCUT2D eigenvalue weighted by molar-refractivity contribution is -0.123. The molecule has 1 heterocycles. The molecule has 4 nitrogen and oxygen atoms in total. The number of nitrogens with one attached hydrogen (secondary N) is 1. The van der Waals surface area contributed by atoms with Crippen molar-refractivity contribution in [1.29, 1.82) is 0 Å². The molecular weight excluding hydrogens is 274 g/mol. The average molecular weight is 294 g/mol. The highest BCUT2D eigenvalue weighted by Crippen LogP contribution is 2.19. The third kappa shape index (κ3) is 3.31. The van der Waals surface area contributed by atoms with Gasteiger partial charge in [0.15, 0.2) is 0 Å². The molecule has 0 aliphatic heterocycles. The van der Waals surface area contributed by atoms with Crippen molar-refractivity contribution in [3.63, 3.8) is 0 Å². The fourth-order valence-electron chi connectivity index (χ4n) is 2.16. The number of hydrogen-bond donors (Lipinski definition) is 1. The van der Waals surface area contributed by atoms with Gasteiger partial charge < -0.3 is 9.88 Å². The summed E-state index contributed by atoms with van der Waals surface area (Å²) in [5.41, 5.74) is 2.71. The van der Waals surface area contributed by atoms with E-state index in [9.17, 15) is 4.79 Å². The number of benzene rings is 1. The third-order valence-electron chi connectivity index (χ3n) is 2.92. The first-order valence-electron chi connectivity index (χ1n) is 6.63. The number of fused-ring (bicyclic) bond motifs is 1. The van der Waals surface area contributed by atoms with Gasteiger partial charge in [0.2, 0.25) is 5.91 Å². The van der Waals surface area contributed by atoms with Gasteiger partial charge in [0, 0.05) is 5.54 Å². The number of amides is 1. The number of aryl methyl sites for hydroxylation is 1. The molecule has 1 aromatic heterocycles. The van der Waals surface area contributed by atoms with Gasteiger partial charge in [0.1, 0.15) is 12.4 Å². The summed E-state index contributed by atoms with van der Waals surface area (Å²) in [6.45, 7) is 8.14. The Hall–Kier alpha value is -1.55. The summed E-state index contributed by atoms with van der Waals surface area (Å²) >= 11 is 5.94. The van der Waals surface area contributed by atoms with E-state index < -0.39 is 0 Å². The second-order valence-corrected chi connectivity index (χ2v) is 6.31. The summed E-state index contributed by atoms with van der Waals surface area (Å²) in [4.78, 5) is 16.6. The van der Waals surface area contributed by atoms with E-state index in [1.807, 2.05) is 50.5 Å². The summed E-state index contributed by atoms with van der Waals surface area (Å²) < 4.78 is 1.89. The van der Waals surface area contributed by atoms with Crippen LogP contribution in [0.5, 0.6) is 0 Å².